The van der Waals surface area contributed by atoms with Gasteiger partial charge in [0.15, 0.2) is 5.82 Å². The standard InChI is InChI=1S/C13H16N4/c1-4-11-7-12(14-3)17-13(16-11)10-6-5-9(2)15-8-10/h5-8H,4H2,1-3H3,(H,14,16,17). The molecule has 0 aliphatic heterocycles. The van der Waals surface area contributed by atoms with Gasteiger partial charge in [-0.15, -0.1) is 0 Å². The fourth-order valence-corrected chi connectivity index (χ4v) is 1.54. The highest BCUT2D eigenvalue weighted by molar-refractivity contribution is 5.56. The number of anilines is 1. The van der Waals surface area contributed by atoms with Crippen molar-refractivity contribution in [2.45, 2.75) is 20.3 Å². The lowest BCUT2D eigenvalue weighted by Gasteiger charge is -2.06. The van der Waals surface area contributed by atoms with Gasteiger partial charge in [0, 0.05) is 36.3 Å². The Balaban J connectivity index is 2.46. The van der Waals surface area contributed by atoms with Crippen LogP contribution in [0.25, 0.3) is 11.4 Å². The summed E-state index contributed by atoms with van der Waals surface area (Å²) in [5, 5.41) is 3.05. The third kappa shape index (κ3) is 2.58. The average molecular weight is 228 g/mol. The van der Waals surface area contributed by atoms with Gasteiger partial charge >= 0.3 is 0 Å². The topological polar surface area (TPSA) is 50.7 Å². The number of rotatable bonds is 3. The summed E-state index contributed by atoms with van der Waals surface area (Å²) in [5.74, 6) is 1.56. The van der Waals surface area contributed by atoms with Crippen LogP contribution in [-0.2, 0) is 6.42 Å². The number of nitrogens with one attached hydrogen (secondary N) is 1. The molecule has 4 nitrogen and oxygen atoms in total. The van der Waals surface area contributed by atoms with Crippen LogP contribution < -0.4 is 5.32 Å². The van der Waals surface area contributed by atoms with Crippen LogP contribution in [0.3, 0.4) is 0 Å². The lowest BCUT2D eigenvalue weighted by Crippen LogP contribution is -2.00. The Labute approximate surface area is 101 Å². The Morgan fingerprint density at radius 3 is 2.65 bits per heavy atom. The van der Waals surface area contributed by atoms with Crippen molar-refractivity contribution in [2.75, 3.05) is 12.4 Å². The molecule has 0 aromatic carbocycles. The van der Waals surface area contributed by atoms with E-state index in [9.17, 15) is 0 Å². The SMILES string of the molecule is CCc1cc(NC)nc(-c2ccc(C)nc2)n1. The molecule has 0 amide bonds. The molecule has 0 aliphatic rings. The number of hydrogen-bond acceptors (Lipinski definition) is 4. The average Bonchev–Trinajstić information content (AvgIpc) is 2.39. The van der Waals surface area contributed by atoms with Crippen LogP contribution in [0.1, 0.15) is 18.3 Å². The maximum Gasteiger partial charge on any atom is 0.163 e. The third-order valence-corrected chi connectivity index (χ3v) is 2.57. The molecule has 0 bridgehead atoms. The molecule has 0 atom stereocenters. The number of aryl methyl sites for hydroxylation is 2. The smallest absolute Gasteiger partial charge is 0.163 e. The fraction of sp³-hybridized carbons (Fsp3) is 0.308. The summed E-state index contributed by atoms with van der Waals surface area (Å²) in [5.41, 5.74) is 2.97. The Morgan fingerprint density at radius 1 is 1.24 bits per heavy atom. The second-order valence-electron chi connectivity index (χ2n) is 3.86. The summed E-state index contributed by atoms with van der Waals surface area (Å²) in [4.78, 5) is 13.2. The predicted octanol–water partition coefficient (Wildman–Crippen LogP) is 2.45. The Kier molecular flexibility index (Phi) is 3.32. The van der Waals surface area contributed by atoms with Gasteiger partial charge in [-0.1, -0.05) is 6.92 Å². The Bertz CT molecular complexity index is 483. The van der Waals surface area contributed by atoms with Gasteiger partial charge in [0.05, 0.1) is 0 Å². The van der Waals surface area contributed by atoms with E-state index in [2.05, 4.69) is 27.2 Å². The molecule has 4 heteroatoms. The van der Waals surface area contributed by atoms with Crippen molar-refractivity contribution in [3.05, 3.63) is 35.8 Å². The van der Waals surface area contributed by atoms with Gasteiger partial charge in [-0.25, -0.2) is 9.97 Å². The minimum absolute atomic E-state index is 0.723. The van der Waals surface area contributed by atoms with Crippen LogP contribution in [0.2, 0.25) is 0 Å². The molecule has 0 aliphatic carbocycles. The number of nitrogens with zero attached hydrogens (tertiary/aromatic N) is 3. The monoisotopic (exact) mass is 228 g/mol. The van der Waals surface area contributed by atoms with Crippen LogP contribution in [0.5, 0.6) is 0 Å². The van der Waals surface area contributed by atoms with Crippen LogP contribution in [0.15, 0.2) is 24.4 Å². The van der Waals surface area contributed by atoms with Gasteiger partial charge in [0.25, 0.3) is 0 Å². The first kappa shape index (κ1) is 11.5. The van der Waals surface area contributed by atoms with E-state index in [0.29, 0.717) is 0 Å². The van der Waals surface area contributed by atoms with Crippen LogP contribution >= 0.6 is 0 Å². The van der Waals surface area contributed by atoms with Crippen molar-refractivity contribution in [1.82, 2.24) is 15.0 Å². The highest BCUT2D eigenvalue weighted by atomic mass is 15.0. The predicted molar refractivity (Wildman–Crippen MR) is 68.9 cm³/mol. The molecule has 2 rings (SSSR count). The Morgan fingerprint density at radius 2 is 2.06 bits per heavy atom. The molecule has 0 saturated heterocycles. The fourth-order valence-electron chi connectivity index (χ4n) is 1.54. The molecule has 0 fully saturated rings. The molecular formula is C13H16N4. The zero-order chi connectivity index (χ0) is 12.3. The van der Waals surface area contributed by atoms with E-state index in [-0.39, 0.29) is 0 Å². The van der Waals surface area contributed by atoms with Crippen LogP contribution in [-0.4, -0.2) is 22.0 Å². The molecule has 1 N–H and O–H groups in total. The van der Waals surface area contributed by atoms with E-state index in [1.807, 2.05) is 38.4 Å². The quantitative estimate of drug-likeness (QED) is 0.876. The first-order valence-electron chi connectivity index (χ1n) is 5.71. The van der Waals surface area contributed by atoms with Crippen molar-refractivity contribution >= 4 is 5.82 Å². The molecule has 2 heterocycles. The van der Waals surface area contributed by atoms with Crippen LogP contribution in [0, 0.1) is 6.92 Å². The van der Waals surface area contributed by atoms with E-state index < -0.39 is 0 Å². The first-order valence-corrected chi connectivity index (χ1v) is 5.71. The first-order chi connectivity index (χ1) is 8.22. The largest absolute Gasteiger partial charge is 0.373 e. The maximum atomic E-state index is 4.51. The molecule has 88 valence electrons. The van der Waals surface area contributed by atoms with Crippen LogP contribution in [0.4, 0.5) is 5.82 Å². The second kappa shape index (κ2) is 4.91. The summed E-state index contributed by atoms with van der Waals surface area (Å²) < 4.78 is 0. The van der Waals surface area contributed by atoms with E-state index in [1.54, 1.807) is 0 Å². The maximum absolute atomic E-state index is 4.51. The normalized spacial score (nSPS) is 10.3. The van der Waals surface area contributed by atoms with Gasteiger partial charge in [-0.2, -0.15) is 0 Å². The zero-order valence-electron chi connectivity index (χ0n) is 10.4. The highest BCUT2D eigenvalue weighted by Crippen LogP contribution is 2.17. The van der Waals surface area contributed by atoms with Gasteiger partial charge in [0.1, 0.15) is 5.82 Å². The van der Waals surface area contributed by atoms with Gasteiger partial charge < -0.3 is 5.32 Å². The zero-order valence-corrected chi connectivity index (χ0v) is 10.4. The molecule has 2 aromatic heterocycles. The lowest BCUT2D eigenvalue weighted by molar-refractivity contribution is 1.00. The minimum atomic E-state index is 0.723. The van der Waals surface area contributed by atoms with Crippen molar-refractivity contribution in [3.8, 4) is 11.4 Å². The van der Waals surface area contributed by atoms with Gasteiger partial charge in [-0.05, 0) is 25.5 Å². The van der Waals surface area contributed by atoms with Crippen molar-refractivity contribution < 1.29 is 0 Å². The second-order valence-corrected chi connectivity index (χ2v) is 3.86. The molecular weight excluding hydrogens is 212 g/mol. The van der Waals surface area contributed by atoms with Crippen molar-refractivity contribution in [1.29, 1.82) is 0 Å². The highest BCUT2D eigenvalue weighted by Gasteiger charge is 2.05. The summed E-state index contributed by atoms with van der Waals surface area (Å²) in [6.07, 6.45) is 2.70. The molecule has 0 spiro atoms. The minimum Gasteiger partial charge on any atom is -0.373 e. The van der Waals surface area contributed by atoms with Crippen molar-refractivity contribution in [2.24, 2.45) is 0 Å². The van der Waals surface area contributed by atoms with E-state index >= 15 is 0 Å². The molecule has 2 aromatic rings. The molecule has 0 radical (unpaired) electrons. The lowest BCUT2D eigenvalue weighted by atomic mass is 10.2. The van der Waals surface area contributed by atoms with Crippen molar-refractivity contribution in [3.63, 3.8) is 0 Å². The number of hydrogen-bond donors (Lipinski definition) is 1. The summed E-state index contributed by atoms with van der Waals surface area (Å²) in [6, 6.07) is 5.93. The number of aromatic nitrogens is 3. The summed E-state index contributed by atoms with van der Waals surface area (Å²) in [7, 11) is 1.86. The Hall–Kier alpha value is -1.97. The van der Waals surface area contributed by atoms with Gasteiger partial charge in [0.2, 0.25) is 0 Å². The summed E-state index contributed by atoms with van der Waals surface area (Å²) >= 11 is 0. The third-order valence-electron chi connectivity index (χ3n) is 2.57. The van der Waals surface area contributed by atoms with E-state index in [0.717, 1.165) is 35.0 Å². The molecule has 17 heavy (non-hydrogen) atoms. The molecule has 0 unspecified atom stereocenters. The molecule has 0 saturated carbocycles. The van der Waals surface area contributed by atoms with E-state index in [4.69, 9.17) is 0 Å². The van der Waals surface area contributed by atoms with Gasteiger partial charge in [-0.3, -0.25) is 4.98 Å². The van der Waals surface area contributed by atoms with E-state index in [1.165, 1.54) is 0 Å². The number of pyridine rings is 1. The summed E-state index contributed by atoms with van der Waals surface area (Å²) in [6.45, 7) is 4.05.